The molecule has 0 amide bonds. The molecule has 1 aliphatic heterocycles. The quantitative estimate of drug-likeness (QED) is 0.724. The summed E-state index contributed by atoms with van der Waals surface area (Å²) in [6, 6.07) is 12.8. The van der Waals surface area contributed by atoms with Crippen molar-refractivity contribution in [3.05, 3.63) is 59.5 Å². The van der Waals surface area contributed by atoms with Gasteiger partial charge in [0.1, 0.15) is 5.76 Å². The summed E-state index contributed by atoms with van der Waals surface area (Å²) < 4.78 is 5.54. The molecule has 2 heteroatoms. The molecule has 0 N–H and O–H groups in total. The standard InChI is InChI=1S/C14H15NO/c1-15-9-13(11-5-3-2-4-6-11)12-7-8-16-14(12)10-15/h2-8,13H,9-10H2,1H3. The number of fused-ring (bicyclic) bond motifs is 1. The monoisotopic (exact) mass is 213 g/mol. The molecule has 2 heterocycles. The number of hydrogen-bond donors (Lipinski definition) is 0. The van der Waals surface area contributed by atoms with Crippen LogP contribution in [0.25, 0.3) is 0 Å². The van der Waals surface area contributed by atoms with Crippen molar-refractivity contribution in [3.8, 4) is 0 Å². The van der Waals surface area contributed by atoms with Crippen LogP contribution in [-0.4, -0.2) is 18.5 Å². The summed E-state index contributed by atoms with van der Waals surface area (Å²) in [6.07, 6.45) is 1.81. The minimum atomic E-state index is 0.452. The van der Waals surface area contributed by atoms with Crippen LogP contribution in [0.3, 0.4) is 0 Å². The lowest BCUT2D eigenvalue weighted by Gasteiger charge is -2.29. The van der Waals surface area contributed by atoms with Gasteiger partial charge in [0.25, 0.3) is 0 Å². The fraction of sp³-hybridized carbons (Fsp3) is 0.286. The maximum absolute atomic E-state index is 5.54. The molecule has 82 valence electrons. The fourth-order valence-corrected chi connectivity index (χ4v) is 2.48. The lowest BCUT2D eigenvalue weighted by molar-refractivity contribution is 0.262. The van der Waals surface area contributed by atoms with Crippen LogP contribution in [0, 0.1) is 0 Å². The highest BCUT2D eigenvalue weighted by Gasteiger charge is 2.26. The van der Waals surface area contributed by atoms with Gasteiger partial charge in [-0.2, -0.15) is 0 Å². The van der Waals surface area contributed by atoms with Gasteiger partial charge in [-0.05, 0) is 18.7 Å². The Morgan fingerprint density at radius 1 is 1.19 bits per heavy atom. The van der Waals surface area contributed by atoms with E-state index in [-0.39, 0.29) is 0 Å². The Bertz CT molecular complexity index is 474. The molecule has 1 aromatic heterocycles. The number of hydrogen-bond acceptors (Lipinski definition) is 2. The van der Waals surface area contributed by atoms with E-state index < -0.39 is 0 Å². The first-order valence-corrected chi connectivity index (χ1v) is 5.64. The molecule has 1 unspecified atom stereocenters. The Labute approximate surface area is 95.5 Å². The highest BCUT2D eigenvalue weighted by Crippen LogP contribution is 2.33. The van der Waals surface area contributed by atoms with E-state index in [0.29, 0.717) is 5.92 Å². The predicted molar refractivity (Wildman–Crippen MR) is 63.3 cm³/mol. The largest absolute Gasteiger partial charge is 0.468 e. The second kappa shape index (κ2) is 3.80. The van der Waals surface area contributed by atoms with Crippen LogP contribution in [0.2, 0.25) is 0 Å². The van der Waals surface area contributed by atoms with Gasteiger partial charge in [-0.25, -0.2) is 0 Å². The Kier molecular flexibility index (Phi) is 2.29. The van der Waals surface area contributed by atoms with E-state index in [4.69, 9.17) is 4.42 Å². The topological polar surface area (TPSA) is 16.4 Å². The average Bonchev–Trinajstić information content (AvgIpc) is 2.77. The third-order valence-electron chi connectivity index (χ3n) is 3.27. The third kappa shape index (κ3) is 1.55. The number of likely N-dealkylation sites (N-methyl/N-ethyl adjacent to an activating group) is 1. The molecule has 1 atom stereocenters. The van der Waals surface area contributed by atoms with Gasteiger partial charge in [-0.3, -0.25) is 4.90 Å². The summed E-state index contributed by atoms with van der Waals surface area (Å²) in [4.78, 5) is 2.31. The van der Waals surface area contributed by atoms with Crippen molar-refractivity contribution >= 4 is 0 Å². The zero-order valence-corrected chi connectivity index (χ0v) is 9.39. The number of benzene rings is 1. The maximum Gasteiger partial charge on any atom is 0.121 e. The van der Waals surface area contributed by atoms with Crippen molar-refractivity contribution in [1.29, 1.82) is 0 Å². The number of nitrogens with zero attached hydrogens (tertiary/aromatic N) is 1. The van der Waals surface area contributed by atoms with Gasteiger partial charge in [-0.1, -0.05) is 30.3 Å². The zero-order valence-electron chi connectivity index (χ0n) is 9.39. The maximum atomic E-state index is 5.54. The molecule has 0 spiro atoms. The average molecular weight is 213 g/mol. The SMILES string of the molecule is CN1Cc2occc2C(c2ccccc2)C1. The van der Waals surface area contributed by atoms with Crippen LogP contribution in [0.15, 0.2) is 47.1 Å². The second-order valence-electron chi connectivity index (χ2n) is 4.46. The molecular formula is C14H15NO. The van der Waals surface area contributed by atoms with Crippen molar-refractivity contribution in [2.45, 2.75) is 12.5 Å². The first kappa shape index (κ1) is 9.67. The Morgan fingerprint density at radius 2 is 2.00 bits per heavy atom. The van der Waals surface area contributed by atoms with Gasteiger partial charge in [0.05, 0.1) is 12.8 Å². The summed E-state index contributed by atoms with van der Waals surface area (Å²) in [5, 5.41) is 0. The van der Waals surface area contributed by atoms with E-state index in [1.165, 1.54) is 11.1 Å². The van der Waals surface area contributed by atoms with Gasteiger partial charge in [0.2, 0.25) is 0 Å². The Hall–Kier alpha value is -1.54. The molecular weight excluding hydrogens is 198 g/mol. The minimum Gasteiger partial charge on any atom is -0.468 e. The van der Waals surface area contributed by atoms with E-state index in [1.54, 1.807) is 6.26 Å². The molecule has 0 saturated heterocycles. The van der Waals surface area contributed by atoms with Crippen molar-refractivity contribution < 1.29 is 4.42 Å². The van der Waals surface area contributed by atoms with Crippen LogP contribution in [0.1, 0.15) is 22.8 Å². The Morgan fingerprint density at radius 3 is 2.81 bits per heavy atom. The van der Waals surface area contributed by atoms with E-state index in [1.807, 2.05) is 0 Å². The molecule has 2 nitrogen and oxygen atoms in total. The molecule has 1 aromatic carbocycles. The van der Waals surface area contributed by atoms with Crippen LogP contribution >= 0.6 is 0 Å². The molecule has 1 aliphatic rings. The van der Waals surface area contributed by atoms with Crippen LogP contribution in [0.4, 0.5) is 0 Å². The molecule has 0 fully saturated rings. The molecule has 0 aliphatic carbocycles. The summed E-state index contributed by atoms with van der Waals surface area (Å²) in [5.41, 5.74) is 2.72. The van der Waals surface area contributed by atoms with Crippen molar-refractivity contribution in [2.75, 3.05) is 13.6 Å². The molecule has 3 rings (SSSR count). The van der Waals surface area contributed by atoms with E-state index in [2.05, 4.69) is 48.3 Å². The van der Waals surface area contributed by atoms with Crippen molar-refractivity contribution in [3.63, 3.8) is 0 Å². The summed E-state index contributed by atoms with van der Waals surface area (Å²) in [6.45, 7) is 1.99. The predicted octanol–water partition coefficient (Wildman–Crippen LogP) is 2.86. The number of furan rings is 1. The Balaban J connectivity index is 2.04. The van der Waals surface area contributed by atoms with Crippen LogP contribution < -0.4 is 0 Å². The second-order valence-corrected chi connectivity index (χ2v) is 4.46. The smallest absolute Gasteiger partial charge is 0.121 e. The highest BCUT2D eigenvalue weighted by molar-refractivity contribution is 5.36. The normalized spacial score (nSPS) is 20.7. The van der Waals surface area contributed by atoms with Gasteiger partial charge in [0, 0.05) is 18.0 Å². The first-order chi connectivity index (χ1) is 7.84. The van der Waals surface area contributed by atoms with Gasteiger partial charge >= 0.3 is 0 Å². The molecule has 0 bridgehead atoms. The van der Waals surface area contributed by atoms with Gasteiger partial charge in [-0.15, -0.1) is 0 Å². The summed E-state index contributed by atoms with van der Waals surface area (Å²) >= 11 is 0. The fourth-order valence-electron chi connectivity index (χ4n) is 2.48. The summed E-state index contributed by atoms with van der Waals surface area (Å²) in [7, 11) is 2.14. The van der Waals surface area contributed by atoms with E-state index >= 15 is 0 Å². The van der Waals surface area contributed by atoms with Crippen LogP contribution in [0.5, 0.6) is 0 Å². The lowest BCUT2D eigenvalue weighted by Crippen LogP contribution is -2.30. The van der Waals surface area contributed by atoms with Crippen LogP contribution in [-0.2, 0) is 6.54 Å². The van der Waals surface area contributed by atoms with Gasteiger partial charge in [0.15, 0.2) is 0 Å². The third-order valence-corrected chi connectivity index (χ3v) is 3.27. The molecule has 16 heavy (non-hydrogen) atoms. The van der Waals surface area contributed by atoms with Gasteiger partial charge < -0.3 is 4.42 Å². The van der Waals surface area contributed by atoms with Crippen molar-refractivity contribution in [1.82, 2.24) is 4.90 Å². The summed E-state index contributed by atoms with van der Waals surface area (Å²) in [5.74, 6) is 1.57. The minimum absolute atomic E-state index is 0.452. The zero-order chi connectivity index (χ0) is 11.0. The molecule has 2 aromatic rings. The van der Waals surface area contributed by atoms with E-state index in [0.717, 1.165) is 18.8 Å². The lowest BCUT2D eigenvalue weighted by atomic mass is 9.88. The molecule has 0 radical (unpaired) electrons. The van der Waals surface area contributed by atoms with E-state index in [9.17, 15) is 0 Å². The highest BCUT2D eigenvalue weighted by atomic mass is 16.3. The van der Waals surface area contributed by atoms with Crippen molar-refractivity contribution in [2.24, 2.45) is 0 Å². The first-order valence-electron chi connectivity index (χ1n) is 5.64. The molecule has 0 saturated carbocycles. The number of rotatable bonds is 1.